The number of fused-ring (bicyclic) bond motifs is 5. The molecule has 0 amide bonds. The van der Waals surface area contributed by atoms with Crippen LogP contribution in [0, 0.1) is 46.3 Å². The van der Waals surface area contributed by atoms with Crippen LogP contribution in [0.5, 0.6) is 0 Å². The molecule has 0 aliphatic heterocycles. The average molecular weight is 405 g/mol. The zero-order chi connectivity index (χ0) is 20.3. The summed E-state index contributed by atoms with van der Waals surface area (Å²) in [4.78, 5) is 12.1. The number of carbonyl (C=O) groups is 1. The van der Waals surface area contributed by atoms with Crippen molar-refractivity contribution in [3.63, 3.8) is 0 Å². The highest BCUT2D eigenvalue weighted by molar-refractivity contribution is 7.65. The Morgan fingerprint density at radius 3 is 2.43 bits per heavy atom. The lowest BCUT2D eigenvalue weighted by atomic mass is 9.44. The number of ketones is 1. The first-order chi connectivity index (χ1) is 13.0. The quantitative estimate of drug-likeness (QED) is 0.475. The second kappa shape index (κ2) is 7.11. The number of allylic oxidation sites excluding steroid dienone is 1. The Kier molecular flexibility index (Phi) is 5.30. The zero-order valence-electron chi connectivity index (χ0n) is 18.7. The summed E-state index contributed by atoms with van der Waals surface area (Å²) in [5.41, 5.74) is 0.864. The molecule has 158 valence electrons. The van der Waals surface area contributed by atoms with Crippen molar-refractivity contribution in [1.82, 2.24) is 0 Å². The van der Waals surface area contributed by atoms with Gasteiger partial charge >= 0.3 is 0 Å². The lowest BCUT2D eigenvalue weighted by molar-refractivity contribution is -0.140. The van der Waals surface area contributed by atoms with Crippen molar-refractivity contribution in [3.05, 3.63) is 11.9 Å². The summed E-state index contributed by atoms with van der Waals surface area (Å²) in [5.74, 6) is 7.02. The van der Waals surface area contributed by atoms with Crippen LogP contribution in [0.4, 0.5) is 0 Å². The first-order valence-electron chi connectivity index (χ1n) is 11.8. The smallest absolute Gasteiger partial charge is 0.133 e. The molecule has 0 bridgehead atoms. The van der Waals surface area contributed by atoms with Crippen molar-refractivity contribution >= 4 is 12.9 Å². The third-order valence-electron chi connectivity index (χ3n) is 9.94. The summed E-state index contributed by atoms with van der Waals surface area (Å²) < 4.78 is 12.2. The number of carbonyl (C=O) groups excluding carboxylic acids is 1. The molecule has 3 unspecified atom stereocenters. The number of hydrogen-bond donors (Lipinski definition) is 0. The first-order valence-corrected chi connectivity index (χ1v) is 14.5. The fourth-order valence-electron chi connectivity index (χ4n) is 8.43. The summed E-state index contributed by atoms with van der Waals surface area (Å²) in [6.07, 6.45) is 13.2. The number of Topliss-reactive ketones (excluding diaryl/α,β-unsaturated/α-hetero) is 1. The summed E-state index contributed by atoms with van der Waals surface area (Å²) in [7, 11) is -2.08. The maximum absolute atomic E-state index is 12.2. The van der Waals surface area contributed by atoms with Crippen molar-refractivity contribution < 1.29 is 9.36 Å². The Morgan fingerprint density at radius 2 is 1.71 bits per heavy atom. The van der Waals surface area contributed by atoms with Gasteiger partial charge < -0.3 is 4.57 Å². The summed E-state index contributed by atoms with van der Waals surface area (Å²) in [5, 5.41) is 0. The van der Waals surface area contributed by atoms with E-state index in [0.717, 1.165) is 42.9 Å². The van der Waals surface area contributed by atoms with Crippen LogP contribution in [0.15, 0.2) is 11.9 Å². The third kappa shape index (κ3) is 3.40. The van der Waals surface area contributed by atoms with E-state index in [1.165, 1.54) is 38.5 Å². The van der Waals surface area contributed by atoms with Crippen LogP contribution in [0.1, 0.15) is 78.6 Å². The highest BCUT2D eigenvalue weighted by Gasteiger charge is 2.60. The molecular formula is C25H41O2P. The average Bonchev–Trinajstić information content (AvgIpc) is 2.97. The predicted octanol–water partition coefficient (Wildman–Crippen LogP) is 6.99. The molecule has 0 N–H and O–H groups in total. The van der Waals surface area contributed by atoms with Gasteiger partial charge in [-0.2, -0.15) is 0 Å². The van der Waals surface area contributed by atoms with Gasteiger partial charge in [0.1, 0.15) is 12.9 Å². The molecule has 0 radical (unpaired) electrons. The number of rotatable bonds is 3. The molecule has 0 aromatic heterocycles. The Labute approximate surface area is 172 Å². The molecular weight excluding hydrogens is 363 g/mol. The molecule has 0 aromatic carbocycles. The molecule has 4 aliphatic carbocycles. The minimum Gasteiger partial charge on any atom is -0.320 e. The second-order valence-corrected chi connectivity index (χ2v) is 14.9. The highest BCUT2D eigenvalue weighted by atomic mass is 31.2. The Hall–Kier alpha value is -0.360. The standard InChI is InChI=1S/C25H41O2P/c1-17(12-15-28(4,5)27)21-8-9-22-20-7-6-18-16-19(26)10-13-24(18,2)23(20)11-14-25(21,22)3/h12,15,17-18,20-23H,6-11,13-14,16H2,1-5H3/b15-12+/t17-,18+,20?,21-,22?,23?,24+,25-/m1/s1. The molecule has 4 aliphatic rings. The Bertz CT molecular complexity index is 705. The van der Waals surface area contributed by atoms with Crippen molar-refractivity contribution in [2.45, 2.75) is 78.6 Å². The van der Waals surface area contributed by atoms with Gasteiger partial charge in [0.2, 0.25) is 0 Å². The minimum absolute atomic E-state index is 0.416. The van der Waals surface area contributed by atoms with Gasteiger partial charge in [-0.3, -0.25) is 4.79 Å². The molecule has 0 spiro atoms. The molecule has 4 rings (SSSR count). The molecule has 0 aromatic rings. The fraction of sp³-hybridized carbons (Fsp3) is 0.880. The largest absolute Gasteiger partial charge is 0.320 e. The molecule has 4 fully saturated rings. The molecule has 3 heteroatoms. The van der Waals surface area contributed by atoms with Gasteiger partial charge in [0.15, 0.2) is 0 Å². The molecule has 2 nitrogen and oxygen atoms in total. The molecule has 4 saturated carbocycles. The first kappa shape index (κ1) is 20.9. The molecule has 0 saturated heterocycles. The van der Waals surface area contributed by atoms with E-state index in [-0.39, 0.29) is 0 Å². The van der Waals surface area contributed by atoms with Gasteiger partial charge in [-0.1, -0.05) is 26.8 Å². The maximum Gasteiger partial charge on any atom is 0.133 e. The van der Waals surface area contributed by atoms with Crippen LogP contribution in [-0.2, 0) is 9.36 Å². The Balaban J connectivity index is 1.54. The van der Waals surface area contributed by atoms with E-state index in [9.17, 15) is 9.36 Å². The van der Waals surface area contributed by atoms with Crippen molar-refractivity contribution in [3.8, 4) is 0 Å². The van der Waals surface area contributed by atoms with E-state index in [1.54, 1.807) is 0 Å². The van der Waals surface area contributed by atoms with Gasteiger partial charge in [-0.15, -0.1) is 0 Å². The zero-order valence-corrected chi connectivity index (χ0v) is 19.6. The lowest BCUT2D eigenvalue weighted by Crippen LogP contribution is -2.53. The maximum atomic E-state index is 12.2. The normalized spacial score (nSPS) is 47.5. The van der Waals surface area contributed by atoms with E-state index < -0.39 is 7.14 Å². The van der Waals surface area contributed by atoms with E-state index in [2.05, 4.69) is 26.8 Å². The monoisotopic (exact) mass is 404 g/mol. The SMILES string of the molecule is C[C@H](/C=C/P(C)(C)=O)[C@H]1CCC2C3CC[C@H]4CC(=O)CC[C@]4(C)C3CC[C@@]21C. The van der Waals surface area contributed by atoms with E-state index in [1.807, 2.05) is 19.1 Å². The van der Waals surface area contributed by atoms with Crippen LogP contribution in [0.2, 0.25) is 0 Å². The number of hydrogen-bond acceptors (Lipinski definition) is 2. The predicted molar refractivity (Wildman–Crippen MR) is 118 cm³/mol. The van der Waals surface area contributed by atoms with Crippen LogP contribution in [0.3, 0.4) is 0 Å². The van der Waals surface area contributed by atoms with Crippen LogP contribution in [-0.4, -0.2) is 19.1 Å². The van der Waals surface area contributed by atoms with Crippen molar-refractivity contribution in [1.29, 1.82) is 0 Å². The van der Waals surface area contributed by atoms with Gasteiger partial charge in [0.05, 0.1) is 0 Å². The van der Waals surface area contributed by atoms with Gasteiger partial charge in [-0.25, -0.2) is 0 Å². The van der Waals surface area contributed by atoms with Crippen LogP contribution < -0.4 is 0 Å². The van der Waals surface area contributed by atoms with Gasteiger partial charge in [-0.05, 0) is 110 Å². The van der Waals surface area contributed by atoms with Gasteiger partial charge in [0, 0.05) is 12.8 Å². The summed E-state index contributed by atoms with van der Waals surface area (Å²) in [6, 6.07) is 0. The lowest BCUT2D eigenvalue weighted by Gasteiger charge is -2.60. The second-order valence-electron chi connectivity index (χ2n) is 11.8. The van der Waals surface area contributed by atoms with Crippen molar-refractivity contribution in [2.24, 2.45) is 46.3 Å². The minimum atomic E-state index is -2.08. The van der Waals surface area contributed by atoms with Crippen LogP contribution >= 0.6 is 7.14 Å². The molecule has 28 heavy (non-hydrogen) atoms. The Morgan fingerprint density at radius 1 is 1.00 bits per heavy atom. The van der Waals surface area contributed by atoms with Crippen LogP contribution in [0.25, 0.3) is 0 Å². The van der Waals surface area contributed by atoms with Crippen molar-refractivity contribution in [2.75, 3.05) is 13.3 Å². The molecule has 0 heterocycles. The van der Waals surface area contributed by atoms with E-state index in [0.29, 0.717) is 28.4 Å². The highest BCUT2D eigenvalue weighted by Crippen LogP contribution is 2.68. The molecule has 8 atom stereocenters. The fourth-order valence-corrected chi connectivity index (χ4v) is 9.11. The third-order valence-corrected chi connectivity index (χ3v) is 10.8. The summed E-state index contributed by atoms with van der Waals surface area (Å²) in [6.45, 7) is 11.2. The summed E-state index contributed by atoms with van der Waals surface area (Å²) >= 11 is 0. The van der Waals surface area contributed by atoms with Gasteiger partial charge in [0.25, 0.3) is 0 Å². The topological polar surface area (TPSA) is 34.1 Å². The van der Waals surface area contributed by atoms with E-state index in [4.69, 9.17) is 0 Å². The van der Waals surface area contributed by atoms with E-state index >= 15 is 0 Å².